The molecule has 0 spiro atoms. The van der Waals surface area contributed by atoms with Crippen molar-refractivity contribution in [2.75, 3.05) is 25.6 Å². The van der Waals surface area contributed by atoms with Gasteiger partial charge in [0.15, 0.2) is 0 Å². The van der Waals surface area contributed by atoms with Crippen molar-refractivity contribution in [3.05, 3.63) is 0 Å². The number of methoxy groups -OCH3 is 1. The number of alkyl halides is 1. The maximum absolute atomic E-state index is 11.7. The van der Waals surface area contributed by atoms with Gasteiger partial charge in [0.2, 0.25) is 5.91 Å². The van der Waals surface area contributed by atoms with Crippen LogP contribution in [0.3, 0.4) is 0 Å². The minimum absolute atomic E-state index is 0.261. The molecule has 0 radical (unpaired) electrons. The van der Waals surface area contributed by atoms with Gasteiger partial charge >= 0.3 is 0 Å². The molecule has 0 aromatic carbocycles. The number of amides is 1. The summed E-state index contributed by atoms with van der Waals surface area (Å²) in [5.74, 6) is 0.756. The molecule has 14 heavy (non-hydrogen) atoms. The number of hydrogen-bond donors (Lipinski definition) is 0. The van der Waals surface area contributed by atoms with Gasteiger partial charge in [0.05, 0.1) is 12.6 Å². The van der Waals surface area contributed by atoms with Crippen LogP contribution in [0.1, 0.15) is 19.8 Å². The van der Waals surface area contributed by atoms with Gasteiger partial charge < -0.3 is 9.64 Å². The molecule has 4 heteroatoms. The molecule has 0 N–H and O–H groups in total. The summed E-state index contributed by atoms with van der Waals surface area (Å²) in [6.45, 7) is 3.63. The van der Waals surface area contributed by atoms with Crippen molar-refractivity contribution in [3.8, 4) is 0 Å². The number of rotatable bonds is 5. The van der Waals surface area contributed by atoms with Gasteiger partial charge in [-0.1, -0.05) is 22.9 Å². The third-order valence-electron chi connectivity index (χ3n) is 2.73. The lowest BCUT2D eigenvalue weighted by Crippen LogP contribution is -2.39. The van der Waals surface area contributed by atoms with Gasteiger partial charge in [0, 0.05) is 25.4 Å². The normalized spacial score (nSPS) is 24.4. The van der Waals surface area contributed by atoms with Gasteiger partial charge in [0.1, 0.15) is 0 Å². The van der Waals surface area contributed by atoms with Crippen molar-refractivity contribution in [3.63, 3.8) is 0 Å². The SMILES string of the molecule is CCC(COC)N1CC(CBr)CC1=O. The molecular formula is C10H18BrNO2. The molecule has 1 fully saturated rings. The third-order valence-corrected chi connectivity index (χ3v) is 3.64. The maximum Gasteiger partial charge on any atom is 0.223 e. The Bertz CT molecular complexity index is 199. The van der Waals surface area contributed by atoms with Gasteiger partial charge in [-0.25, -0.2) is 0 Å². The Hall–Kier alpha value is -0.0900. The third kappa shape index (κ3) is 2.70. The zero-order chi connectivity index (χ0) is 10.6. The van der Waals surface area contributed by atoms with Gasteiger partial charge in [-0.2, -0.15) is 0 Å². The van der Waals surface area contributed by atoms with Crippen LogP contribution in [-0.2, 0) is 9.53 Å². The van der Waals surface area contributed by atoms with Crippen LogP contribution in [0.5, 0.6) is 0 Å². The van der Waals surface area contributed by atoms with Crippen molar-refractivity contribution in [2.45, 2.75) is 25.8 Å². The molecule has 0 bridgehead atoms. The summed E-state index contributed by atoms with van der Waals surface area (Å²) >= 11 is 3.43. The highest BCUT2D eigenvalue weighted by Gasteiger charge is 2.32. The first kappa shape index (κ1) is 12.0. The first-order valence-electron chi connectivity index (χ1n) is 5.07. The minimum Gasteiger partial charge on any atom is -0.383 e. The fourth-order valence-corrected chi connectivity index (χ4v) is 2.32. The summed E-state index contributed by atoms with van der Waals surface area (Å²) in [5, 5.41) is 0.915. The molecule has 0 aromatic heterocycles. The summed E-state index contributed by atoms with van der Waals surface area (Å²) in [7, 11) is 1.69. The van der Waals surface area contributed by atoms with Crippen LogP contribution in [0.15, 0.2) is 0 Å². The van der Waals surface area contributed by atoms with Crippen molar-refractivity contribution in [1.29, 1.82) is 0 Å². The zero-order valence-corrected chi connectivity index (χ0v) is 10.4. The predicted molar refractivity (Wildman–Crippen MR) is 59.6 cm³/mol. The number of carbonyl (C=O) groups is 1. The van der Waals surface area contributed by atoms with E-state index in [1.807, 2.05) is 4.90 Å². The Labute approximate surface area is 93.9 Å². The van der Waals surface area contributed by atoms with Crippen LogP contribution in [0.25, 0.3) is 0 Å². The second-order valence-electron chi connectivity index (χ2n) is 3.79. The highest BCUT2D eigenvalue weighted by atomic mass is 79.9. The monoisotopic (exact) mass is 263 g/mol. The molecule has 1 heterocycles. The Balaban J connectivity index is 2.53. The Morgan fingerprint density at radius 2 is 2.43 bits per heavy atom. The zero-order valence-electron chi connectivity index (χ0n) is 8.83. The van der Waals surface area contributed by atoms with Crippen molar-refractivity contribution in [1.82, 2.24) is 4.90 Å². The van der Waals surface area contributed by atoms with E-state index in [-0.39, 0.29) is 11.9 Å². The smallest absolute Gasteiger partial charge is 0.223 e. The minimum atomic E-state index is 0.261. The summed E-state index contributed by atoms with van der Waals surface area (Å²) in [6.07, 6.45) is 1.65. The molecule has 1 saturated heterocycles. The lowest BCUT2D eigenvalue weighted by atomic mass is 10.1. The average molecular weight is 264 g/mol. The highest BCUT2D eigenvalue weighted by molar-refractivity contribution is 9.09. The quantitative estimate of drug-likeness (QED) is 0.707. The van der Waals surface area contributed by atoms with E-state index in [0.29, 0.717) is 18.9 Å². The summed E-state index contributed by atoms with van der Waals surface area (Å²) in [6, 6.07) is 0.261. The highest BCUT2D eigenvalue weighted by Crippen LogP contribution is 2.22. The van der Waals surface area contributed by atoms with Crippen LogP contribution in [0.2, 0.25) is 0 Å². The predicted octanol–water partition coefficient (Wildman–Crippen LogP) is 1.65. The van der Waals surface area contributed by atoms with E-state index < -0.39 is 0 Å². The van der Waals surface area contributed by atoms with Crippen molar-refractivity contribution in [2.24, 2.45) is 5.92 Å². The van der Waals surface area contributed by atoms with Gasteiger partial charge in [-0.05, 0) is 12.3 Å². The maximum atomic E-state index is 11.7. The van der Waals surface area contributed by atoms with Crippen LogP contribution < -0.4 is 0 Å². The molecule has 3 nitrogen and oxygen atoms in total. The Morgan fingerprint density at radius 3 is 2.86 bits per heavy atom. The molecule has 82 valence electrons. The summed E-state index contributed by atoms with van der Waals surface area (Å²) in [5.41, 5.74) is 0. The van der Waals surface area contributed by atoms with E-state index in [9.17, 15) is 4.79 Å². The van der Waals surface area contributed by atoms with Gasteiger partial charge in [0.25, 0.3) is 0 Å². The first-order valence-corrected chi connectivity index (χ1v) is 6.19. The molecule has 2 atom stereocenters. The topological polar surface area (TPSA) is 29.5 Å². The molecule has 2 unspecified atom stereocenters. The molecule has 1 aliphatic rings. The molecule has 1 aliphatic heterocycles. The standard InChI is InChI=1S/C10H18BrNO2/c1-3-9(7-14-2)12-6-8(5-11)4-10(12)13/h8-9H,3-7H2,1-2H3. The van der Waals surface area contributed by atoms with E-state index in [1.165, 1.54) is 0 Å². The van der Waals surface area contributed by atoms with E-state index in [0.717, 1.165) is 18.3 Å². The first-order chi connectivity index (χ1) is 6.72. The summed E-state index contributed by atoms with van der Waals surface area (Å²) in [4.78, 5) is 13.6. The van der Waals surface area contributed by atoms with Crippen molar-refractivity contribution < 1.29 is 9.53 Å². The van der Waals surface area contributed by atoms with E-state index in [2.05, 4.69) is 22.9 Å². The lowest BCUT2D eigenvalue weighted by Gasteiger charge is -2.26. The van der Waals surface area contributed by atoms with Crippen LogP contribution in [-0.4, -0.2) is 42.4 Å². The molecule has 0 aromatic rings. The number of likely N-dealkylation sites (tertiary alicyclic amines) is 1. The van der Waals surface area contributed by atoms with Crippen molar-refractivity contribution >= 4 is 21.8 Å². The number of halogens is 1. The lowest BCUT2D eigenvalue weighted by molar-refractivity contribution is -0.130. The number of nitrogens with zero attached hydrogens (tertiary/aromatic N) is 1. The van der Waals surface area contributed by atoms with E-state index in [4.69, 9.17) is 4.74 Å². The second-order valence-corrected chi connectivity index (χ2v) is 4.44. The average Bonchev–Trinajstić information content (AvgIpc) is 2.56. The molecule has 0 aliphatic carbocycles. The second kappa shape index (κ2) is 5.71. The van der Waals surface area contributed by atoms with Crippen LogP contribution in [0.4, 0.5) is 0 Å². The molecular weight excluding hydrogens is 246 g/mol. The van der Waals surface area contributed by atoms with E-state index >= 15 is 0 Å². The van der Waals surface area contributed by atoms with Crippen LogP contribution >= 0.6 is 15.9 Å². The number of ether oxygens (including phenoxy) is 1. The number of hydrogen-bond acceptors (Lipinski definition) is 2. The molecule has 1 amide bonds. The Morgan fingerprint density at radius 1 is 1.71 bits per heavy atom. The number of carbonyl (C=O) groups excluding carboxylic acids is 1. The largest absolute Gasteiger partial charge is 0.383 e. The van der Waals surface area contributed by atoms with E-state index in [1.54, 1.807) is 7.11 Å². The summed E-state index contributed by atoms with van der Waals surface area (Å²) < 4.78 is 5.12. The fourth-order valence-electron chi connectivity index (χ4n) is 1.89. The van der Waals surface area contributed by atoms with Gasteiger partial charge in [-0.3, -0.25) is 4.79 Å². The fraction of sp³-hybridized carbons (Fsp3) is 0.900. The molecule has 1 rings (SSSR count). The molecule has 0 saturated carbocycles. The Kier molecular flexibility index (Phi) is 4.89. The van der Waals surface area contributed by atoms with Gasteiger partial charge in [-0.15, -0.1) is 0 Å². The van der Waals surface area contributed by atoms with Crippen LogP contribution in [0, 0.1) is 5.92 Å².